The average molecular weight is 345 g/mol. The third-order valence-corrected chi connectivity index (χ3v) is 4.93. The number of hydrogen-bond donors (Lipinski definition) is 1. The summed E-state index contributed by atoms with van der Waals surface area (Å²) in [6.45, 7) is 4.73. The molecule has 1 N–H and O–H groups in total. The van der Waals surface area contributed by atoms with Crippen LogP contribution in [0.5, 0.6) is 0 Å². The van der Waals surface area contributed by atoms with Gasteiger partial charge in [-0.1, -0.05) is 30.3 Å². The fraction of sp³-hybridized carbons (Fsp3) is 0.579. The maximum Gasteiger partial charge on any atom is 0.237 e. The molecule has 2 saturated heterocycles. The second-order valence-corrected chi connectivity index (χ2v) is 6.63. The molecule has 3 rings (SSSR count). The van der Waals surface area contributed by atoms with E-state index in [9.17, 15) is 9.59 Å². The normalized spacial score (nSPS) is 21.8. The number of aryl methyl sites for hydroxylation is 1. The summed E-state index contributed by atoms with van der Waals surface area (Å²) in [6, 6.07) is 10.0. The predicted molar refractivity (Wildman–Crippen MR) is 95.1 cm³/mol. The summed E-state index contributed by atoms with van der Waals surface area (Å²) in [4.78, 5) is 28.8. The van der Waals surface area contributed by atoms with Gasteiger partial charge in [0.15, 0.2) is 0 Å². The van der Waals surface area contributed by atoms with E-state index in [-0.39, 0.29) is 24.3 Å². The van der Waals surface area contributed by atoms with Gasteiger partial charge in [-0.15, -0.1) is 0 Å². The minimum atomic E-state index is -0.347. The minimum Gasteiger partial charge on any atom is -0.378 e. The number of hydrogen-bond acceptors (Lipinski definition) is 4. The Bertz CT molecular complexity index is 573. The van der Waals surface area contributed by atoms with Gasteiger partial charge in [-0.2, -0.15) is 0 Å². The van der Waals surface area contributed by atoms with Gasteiger partial charge in [0, 0.05) is 26.2 Å². The summed E-state index contributed by atoms with van der Waals surface area (Å²) < 4.78 is 5.29. The van der Waals surface area contributed by atoms with E-state index < -0.39 is 0 Å². The van der Waals surface area contributed by atoms with Crippen molar-refractivity contribution in [1.82, 2.24) is 15.1 Å². The predicted octanol–water partition coefficient (Wildman–Crippen LogP) is 0.668. The van der Waals surface area contributed by atoms with Gasteiger partial charge in [-0.25, -0.2) is 0 Å². The number of nitrogens with zero attached hydrogens (tertiary/aromatic N) is 2. The molecule has 1 aromatic rings. The molecule has 0 unspecified atom stereocenters. The Labute approximate surface area is 149 Å². The van der Waals surface area contributed by atoms with Crippen molar-refractivity contribution in [3.8, 4) is 0 Å². The highest BCUT2D eigenvalue weighted by molar-refractivity contribution is 5.88. The summed E-state index contributed by atoms with van der Waals surface area (Å²) in [6.07, 6.45) is 2.24. The molecule has 0 saturated carbocycles. The average Bonchev–Trinajstić information content (AvgIpc) is 2.66. The standard InChI is InChI=1S/C19H27N3O3/c23-18(22-11-13-25-14-12-22)15-17-19(24)20-8-10-21(17)9-4-7-16-5-2-1-3-6-16/h1-3,5-6,17H,4,7-15H2,(H,20,24)/t17-/m0/s1. The van der Waals surface area contributed by atoms with E-state index >= 15 is 0 Å². The SMILES string of the molecule is O=C1NCCN(CCCc2ccccc2)[C@H]1CC(=O)N1CCOCC1. The van der Waals surface area contributed by atoms with Crippen molar-refractivity contribution in [3.05, 3.63) is 35.9 Å². The second-order valence-electron chi connectivity index (χ2n) is 6.63. The van der Waals surface area contributed by atoms with Gasteiger partial charge in [0.05, 0.1) is 25.7 Å². The van der Waals surface area contributed by atoms with Crippen molar-refractivity contribution in [2.24, 2.45) is 0 Å². The fourth-order valence-electron chi connectivity index (χ4n) is 3.49. The van der Waals surface area contributed by atoms with Crippen LogP contribution < -0.4 is 5.32 Å². The Kier molecular flexibility index (Phi) is 6.42. The van der Waals surface area contributed by atoms with Crippen molar-refractivity contribution in [3.63, 3.8) is 0 Å². The highest BCUT2D eigenvalue weighted by atomic mass is 16.5. The fourth-order valence-corrected chi connectivity index (χ4v) is 3.49. The summed E-state index contributed by atoms with van der Waals surface area (Å²) in [5, 5.41) is 2.90. The van der Waals surface area contributed by atoms with Gasteiger partial charge in [0.1, 0.15) is 0 Å². The molecule has 0 aliphatic carbocycles. The van der Waals surface area contributed by atoms with Crippen LogP contribution in [-0.4, -0.2) is 73.6 Å². The van der Waals surface area contributed by atoms with Crippen LogP contribution in [-0.2, 0) is 20.7 Å². The zero-order valence-electron chi connectivity index (χ0n) is 14.7. The number of benzene rings is 1. The monoisotopic (exact) mass is 345 g/mol. The van der Waals surface area contributed by atoms with E-state index in [1.807, 2.05) is 23.1 Å². The summed E-state index contributed by atoms with van der Waals surface area (Å²) in [5.74, 6) is 0.0333. The zero-order valence-corrected chi connectivity index (χ0v) is 14.7. The molecule has 1 aromatic carbocycles. The highest BCUT2D eigenvalue weighted by Crippen LogP contribution is 2.13. The smallest absolute Gasteiger partial charge is 0.237 e. The van der Waals surface area contributed by atoms with Gasteiger partial charge >= 0.3 is 0 Å². The van der Waals surface area contributed by atoms with E-state index in [0.717, 1.165) is 25.9 Å². The Morgan fingerprint density at radius 1 is 1.16 bits per heavy atom. The number of ether oxygens (including phenoxy) is 1. The number of morpholine rings is 1. The molecule has 2 heterocycles. The number of carbonyl (C=O) groups excluding carboxylic acids is 2. The molecule has 0 spiro atoms. The third kappa shape index (κ3) is 5.03. The quantitative estimate of drug-likeness (QED) is 0.823. The molecule has 25 heavy (non-hydrogen) atoms. The molecular formula is C19H27N3O3. The molecule has 2 aliphatic rings. The Hall–Kier alpha value is -1.92. The first kappa shape index (κ1) is 17.9. The van der Waals surface area contributed by atoms with Crippen LogP contribution in [0.1, 0.15) is 18.4 Å². The van der Waals surface area contributed by atoms with Gasteiger partial charge in [-0.05, 0) is 24.9 Å². The highest BCUT2D eigenvalue weighted by Gasteiger charge is 2.32. The van der Waals surface area contributed by atoms with Gasteiger partial charge in [0.25, 0.3) is 0 Å². The Balaban J connectivity index is 1.53. The Morgan fingerprint density at radius 3 is 2.68 bits per heavy atom. The molecule has 2 amide bonds. The van der Waals surface area contributed by atoms with Crippen LogP contribution in [0.15, 0.2) is 30.3 Å². The van der Waals surface area contributed by atoms with E-state index in [1.165, 1.54) is 5.56 Å². The van der Waals surface area contributed by atoms with Crippen molar-refractivity contribution >= 4 is 11.8 Å². The number of nitrogens with one attached hydrogen (secondary N) is 1. The number of carbonyl (C=O) groups is 2. The molecular weight excluding hydrogens is 318 g/mol. The van der Waals surface area contributed by atoms with Crippen LogP contribution in [0, 0.1) is 0 Å². The molecule has 2 fully saturated rings. The number of rotatable bonds is 6. The number of amides is 2. The maximum absolute atomic E-state index is 12.5. The first-order valence-corrected chi connectivity index (χ1v) is 9.15. The molecule has 0 bridgehead atoms. The van der Waals surface area contributed by atoms with Crippen molar-refractivity contribution in [2.75, 3.05) is 45.9 Å². The van der Waals surface area contributed by atoms with E-state index in [0.29, 0.717) is 32.8 Å². The lowest BCUT2D eigenvalue weighted by Crippen LogP contribution is -2.57. The molecule has 0 radical (unpaired) electrons. The summed E-state index contributed by atoms with van der Waals surface area (Å²) in [5.41, 5.74) is 1.31. The molecule has 0 aromatic heterocycles. The van der Waals surface area contributed by atoms with Gasteiger partial charge in [-0.3, -0.25) is 14.5 Å². The Morgan fingerprint density at radius 2 is 1.92 bits per heavy atom. The number of piperazine rings is 1. The van der Waals surface area contributed by atoms with Crippen LogP contribution in [0.3, 0.4) is 0 Å². The van der Waals surface area contributed by atoms with Crippen molar-refractivity contribution < 1.29 is 14.3 Å². The maximum atomic E-state index is 12.5. The lowest BCUT2D eigenvalue weighted by atomic mass is 10.1. The molecule has 136 valence electrons. The van der Waals surface area contributed by atoms with Crippen LogP contribution in [0.2, 0.25) is 0 Å². The molecule has 1 atom stereocenters. The first-order chi connectivity index (χ1) is 12.2. The first-order valence-electron chi connectivity index (χ1n) is 9.15. The van der Waals surface area contributed by atoms with Gasteiger partial charge in [0.2, 0.25) is 11.8 Å². The lowest BCUT2D eigenvalue weighted by Gasteiger charge is -2.36. The molecule has 6 heteroatoms. The van der Waals surface area contributed by atoms with E-state index in [2.05, 4.69) is 22.3 Å². The lowest BCUT2D eigenvalue weighted by molar-refractivity contribution is -0.141. The van der Waals surface area contributed by atoms with Crippen LogP contribution in [0.25, 0.3) is 0 Å². The van der Waals surface area contributed by atoms with E-state index in [1.54, 1.807) is 0 Å². The summed E-state index contributed by atoms with van der Waals surface area (Å²) >= 11 is 0. The third-order valence-electron chi connectivity index (χ3n) is 4.93. The largest absolute Gasteiger partial charge is 0.378 e. The van der Waals surface area contributed by atoms with Gasteiger partial charge < -0.3 is 15.0 Å². The topological polar surface area (TPSA) is 61.9 Å². The second kappa shape index (κ2) is 8.97. The summed E-state index contributed by atoms with van der Waals surface area (Å²) in [7, 11) is 0. The zero-order chi connectivity index (χ0) is 17.5. The van der Waals surface area contributed by atoms with Crippen molar-refractivity contribution in [2.45, 2.75) is 25.3 Å². The van der Waals surface area contributed by atoms with Crippen LogP contribution in [0.4, 0.5) is 0 Å². The van der Waals surface area contributed by atoms with E-state index in [4.69, 9.17) is 4.74 Å². The molecule has 6 nitrogen and oxygen atoms in total. The van der Waals surface area contributed by atoms with Crippen LogP contribution >= 0.6 is 0 Å². The van der Waals surface area contributed by atoms with Crippen molar-refractivity contribution in [1.29, 1.82) is 0 Å². The minimum absolute atomic E-state index is 0.0208. The molecule has 2 aliphatic heterocycles.